The topological polar surface area (TPSA) is 66.8 Å². The van der Waals surface area contributed by atoms with Gasteiger partial charge in [0, 0.05) is 18.7 Å². The minimum atomic E-state index is -3.54. The van der Waals surface area contributed by atoms with Crippen molar-refractivity contribution in [3.8, 4) is 5.75 Å². The molecule has 0 unspecified atom stereocenters. The first-order valence-corrected chi connectivity index (χ1v) is 7.30. The second-order valence-corrected chi connectivity index (χ2v) is 6.14. The van der Waals surface area contributed by atoms with E-state index in [-0.39, 0.29) is 24.1 Å². The van der Waals surface area contributed by atoms with E-state index in [9.17, 15) is 8.42 Å². The Kier molecular flexibility index (Phi) is 3.89. The zero-order valence-electron chi connectivity index (χ0n) is 10.2. The van der Waals surface area contributed by atoms with Gasteiger partial charge in [-0.2, -0.15) is 4.31 Å². The Morgan fingerprint density at radius 1 is 1.44 bits per heavy atom. The number of ether oxygens (including phenoxy) is 1. The van der Waals surface area contributed by atoms with Crippen molar-refractivity contribution in [2.75, 3.05) is 20.3 Å². The molecule has 1 aliphatic rings. The fourth-order valence-corrected chi connectivity index (χ4v) is 3.57. The second kappa shape index (κ2) is 5.26. The summed E-state index contributed by atoms with van der Waals surface area (Å²) in [5.74, 6) is 0.510. The van der Waals surface area contributed by atoms with Crippen LogP contribution in [0.2, 0.25) is 0 Å². The van der Waals surface area contributed by atoms with E-state index in [0.717, 1.165) is 12.8 Å². The molecule has 1 fully saturated rings. The van der Waals surface area contributed by atoms with Crippen molar-refractivity contribution in [2.45, 2.75) is 23.8 Å². The van der Waals surface area contributed by atoms with Crippen molar-refractivity contribution in [3.05, 3.63) is 24.3 Å². The summed E-state index contributed by atoms with van der Waals surface area (Å²) in [5, 5.41) is 8.99. The lowest BCUT2D eigenvalue weighted by molar-refractivity contribution is 0.250. The highest BCUT2D eigenvalue weighted by molar-refractivity contribution is 7.89. The quantitative estimate of drug-likeness (QED) is 0.832. The van der Waals surface area contributed by atoms with Crippen LogP contribution in [0, 0.1) is 0 Å². The SMILES string of the molecule is COc1cccc(S(=O)(=O)N(CCO)C2CC2)c1. The van der Waals surface area contributed by atoms with Crippen molar-refractivity contribution in [2.24, 2.45) is 0 Å². The van der Waals surface area contributed by atoms with Crippen LogP contribution in [0.15, 0.2) is 29.2 Å². The third-order valence-corrected chi connectivity index (χ3v) is 4.87. The summed E-state index contributed by atoms with van der Waals surface area (Å²) in [6.45, 7) is -0.0239. The maximum atomic E-state index is 12.4. The summed E-state index contributed by atoms with van der Waals surface area (Å²) >= 11 is 0. The number of methoxy groups -OCH3 is 1. The van der Waals surface area contributed by atoms with Gasteiger partial charge in [0.25, 0.3) is 0 Å². The highest BCUT2D eigenvalue weighted by Crippen LogP contribution is 2.32. The van der Waals surface area contributed by atoms with Gasteiger partial charge in [-0.3, -0.25) is 0 Å². The molecule has 0 bridgehead atoms. The first-order valence-electron chi connectivity index (χ1n) is 5.86. The first-order chi connectivity index (χ1) is 8.59. The van der Waals surface area contributed by atoms with Gasteiger partial charge in [0.2, 0.25) is 10.0 Å². The maximum absolute atomic E-state index is 12.4. The zero-order valence-corrected chi connectivity index (χ0v) is 11.1. The third-order valence-electron chi connectivity index (χ3n) is 2.92. The van der Waals surface area contributed by atoms with Crippen LogP contribution >= 0.6 is 0 Å². The molecule has 5 nitrogen and oxygen atoms in total. The van der Waals surface area contributed by atoms with E-state index in [1.54, 1.807) is 18.2 Å². The zero-order chi connectivity index (χ0) is 13.2. The molecule has 1 saturated carbocycles. The normalized spacial score (nSPS) is 15.9. The van der Waals surface area contributed by atoms with Crippen LogP contribution in [-0.2, 0) is 10.0 Å². The van der Waals surface area contributed by atoms with Gasteiger partial charge in [0.05, 0.1) is 18.6 Å². The van der Waals surface area contributed by atoms with Crippen molar-refractivity contribution in [1.29, 1.82) is 0 Å². The minimum Gasteiger partial charge on any atom is -0.497 e. The number of aliphatic hydroxyl groups is 1. The molecule has 0 amide bonds. The lowest BCUT2D eigenvalue weighted by Gasteiger charge is -2.21. The van der Waals surface area contributed by atoms with Crippen molar-refractivity contribution < 1.29 is 18.3 Å². The number of hydrogen-bond acceptors (Lipinski definition) is 4. The molecule has 6 heteroatoms. The fourth-order valence-electron chi connectivity index (χ4n) is 1.86. The Balaban J connectivity index is 2.32. The Morgan fingerprint density at radius 2 is 2.17 bits per heavy atom. The number of nitrogens with zero attached hydrogens (tertiary/aromatic N) is 1. The van der Waals surface area contributed by atoms with Gasteiger partial charge >= 0.3 is 0 Å². The lowest BCUT2D eigenvalue weighted by Crippen LogP contribution is -2.35. The largest absolute Gasteiger partial charge is 0.497 e. The smallest absolute Gasteiger partial charge is 0.243 e. The van der Waals surface area contributed by atoms with Gasteiger partial charge in [-0.1, -0.05) is 6.07 Å². The van der Waals surface area contributed by atoms with E-state index in [2.05, 4.69) is 0 Å². The molecule has 0 aromatic heterocycles. The molecule has 0 saturated heterocycles. The number of sulfonamides is 1. The van der Waals surface area contributed by atoms with Crippen LogP contribution in [-0.4, -0.2) is 44.1 Å². The van der Waals surface area contributed by atoms with E-state index >= 15 is 0 Å². The minimum absolute atomic E-state index is 0.0355. The second-order valence-electron chi connectivity index (χ2n) is 4.25. The van der Waals surface area contributed by atoms with Crippen LogP contribution in [0.25, 0.3) is 0 Å². The molecule has 1 aliphatic carbocycles. The maximum Gasteiger partial charge on any atom is 0.243 e. The van der Waals surface area contributed by atoms with E-state index in [1.165, 1.54) is 17.5 Å². The summed E-state index contributed by atoms with van der Waals surface area (Å²) in [6, 6.07) is 6.43. The van der Waals surface area contributed by atoms with E-state index in [4.69, 9.17) is 9.84 Å². The Hall–Kier alpha value is -1.11. The van der Waals surface area contributed by atoms with Gasteiger partial charge in [0.15, 0.2) is 0 Å². The summed E-state index contributed by atoms with van der Waals surface area (Å²) < 4.78 is 31.3. The Bertz CT molecular complexity index is 511. The van der Waals surface area contributed by atoms with Gasteiger partial charge in [0.1, 0.15) is 5.75 Å². The molecular formula is C12H17NO4S. The molecule has 0 atom stereocenters. The summed E-state index contributed by atoms with van der Waals surface area (Å²) in [7, 11) is -2.04. The molecule has 1 aromatic rings. The number of benzene rings is 1. The molecule has 0 spiro atoms. The van der Waals surface area contributed by atoms with Crippen LogP contribution in [0.4, 0.5) is 0 Å². The van der Waals surface area contributed by atoms with E-state index < -0.39 is 10.0 Å². The average molecular weight is 271 g/mol. The summed E-state index contributed by atoms with van der Waals surface area (Å²) in [6.07, 6.45) is 1.73. The van der Waals surface area contributed by atoms with Gasteiger partial charge in [-0.15, -0.1) is 0 Å². The van der Waals surface area contributed by atoms with Crippen LogP contribution in [0.5, 0.6) is 5.75 Å². The van der Waals surface area contributed by atoms with Crippen molar-refractivity contribution in [1.82, 2.24) is 4.31 Å². The van der Waals surface area contributed by atoms with E-state index in [1.807, 2.05) is 0 Å². The molecule has 0 radical (unpaired) electrons. The molecular weight excluding hydrogens is 254 g/mol. The molecule has 2 rings (SSSR count). The molecule has 0 heterocycles. The van der Waals surface area contributed by atoms with Crippen LogP contribution in [0.1, 0.15) is 12.8 Å². The monoisotopic (exact) mass is 271 g/mol. The Morgan fingerprint density at radius 3 is 2.72 bits per heavy atom. The van der Waals surface area contributed by atoms with Gasteiger partial charge < -0.3 is 9.84 Å². The molecule has 1 aromatic carbocycles. The van der Waals surface area contributed by atoms with E-state index in [0.29, 0.717) is 5.75 Å². The molecule has 0 aliphatic heterocycles. The third kappa shape index (κ3) is 2.66. The van der Waals surface area contributed by atoms with Gasteiger partial charge in [-0.25, -0.2) is 8.42 Å². The van der Waals surface area contributed by atoms with Crippen molar-refractivity contribution >= 4 is 10.0 Å². The predicted octanol–water partition coefficient (Wildman–Crippen LogP) is 0.841. The number of hydrogen-bond donors (Lipinski definition) is 1. The molecule has 1 N–H and O–H groups in total. The number of rotatable bonds is 6. The first kappa shape index (κ1) is 13.3. The average Bonchev–Trinajstić information content (AvgIpc) is 3.20. The standard InChI is InChI=1S/C12H17NO4S/c1-17-11-3-2-4-12(9-11)18(15,16)13(7-8-14)10-5-6-10/h2-4,9-10,14H,5-8H2,1H3. The predicted molar refractivity (Wildman–Crippen MR) is 67.0 cm³/mol. The lowest BCUT2D eigenvalue weighted by atomic mass is 10.3. The fraction of sp³-hybridized carbons (Fsp3) is 0.500. The molecule has 18 heavy (non-hydrogen) atoms. The van der Waals surface area contributed by atoms with Crippen molar-refractivity contribution in [3.63, 3.8) is 0 Å². The number of aliphatic hydroxyl groups excluding tert-OH is 1. The highest BCUT2D eigenvalue weighted by Gasteiger charge is 2.37. The highest BCUT2D eigenvalue weighted by atomic mass is 32.2. The van der Waals surface area contributed by atoms with Gasteiger partial charge in [-0.05, 0) is 25.0 Å². The van der Waals surface area contributed by atoms with Crippen LogP contribution in [0.3, 0.4) is 0 Å². The van der Waals surface area contributed by atoms with Crippen LogP contribution < -0.4 is 4.74 Å². The Labute approximate surface area is 107 Å². The summed E-state index contributed by atoms with van der Waals surface area (Å²) in [5.41, 5.74) is 0. The molecule has 100 valence electrons. The summed E-state index contributed by atoms with van der Waals surface area (Å²) in [4.78, 5) is 0.210.